The fraction of sp³-hybridized carbons (Fsp3) is 0.562. The highest BCUT2D eigenvalue weighted by Crippen LogP contribution is 2.44. The van der Waals surface area contributed by atoms with E-state index in [1.807, 2.05) is 6.92 Å². The number of anilines is 1. The van der Waals surface area contributed by atoms with E-state index in [0.717, 1.165) is 32.1 Å². The smallest absolute Gasteiger partial charge is 0.314 e. The second-order valence-electron chi connectivity index (χ2n) is 5.70. The van der Waals surface area contributed by atoms with Crippen LogP contribution in [0.3, 0.4) is 0 Å². The Morgan fingerprint density at radius 2 is 2.05 bits per heavy atom. The molecule has 0 heterocycles. The fourth-order valence-corrected chi connectivity index (χ4v) is 3.58. The molecular formula is C16H22FNO2. The Kier molecular flexibility index (Phi) is 4.31. The highest BCUT2D eigenvalue weighted by Gasteiger charge is 2.46. The average molecular weight is 279 g/mol. The molecule has 1 aliphatic rings. The van der Waals surface area contributed by atoms with Gasteiger partial charge in [0.05, 0.1) is 11.1 Å². The van der Waals surface area contributed by atoms with E-state index in [4.69, 9.17) is 5.73 Å². The van der Waals surface area contributed by atoms with Crippen molar-refractivity contribution in [2.45, 2.75) is 50.9 Å². The van der Waals surface area contributed by atoms with Gasteiger partial charge in [-0.2, -0.15) is 0 Å². The third-order valence-electron chi connectivity index (χ3n) is 4.76. The molecule has 1 fully saturated rings. The summed E-state index contributed by atoms with van der Waals surface area (Å²) >= 11 is 0. The van der Waals surface area contributed by atoms with Gasteiger partial charge in [-0.3, -0.25) is 4.79 Å². The first-order valence-electron chi connectivity index (χ1n) is 7.31. The predicted molar refractivity (Wildman–Crippen MR) is 77.0 cm³/mol. The number of nitrogen functional groups attached to an aromatic ring is 1. The first-order valence-corrected chi connectivity index (χ1v) is 7.31. The van der Waals surface area contributed by atoms with Gasteiger partial charge in [-0.05, 0) is 42.9 Å². The van der Waals surface area contributed by atoms with Gasteiger partial charge in [-0.1, -0.05) is 32.3 Å². The third-order valence-corrected chi connectivity index (χ3v) is 4.76. The van der Waals surface area contributed by atoms with Gasteiger partial charge in [0.2, 0.25) is 0 Å². The minimum absolute atomic E-state index is 0.0628. The molecular weight excluding hydrogens is 257 g/mol. The Morgan fingerprint density at radius 3 is 2.55 bits per heavy atom. The van der Waals surface area contributed by atoms with Gasteiger partial charge in [0, 0.05) is 0 Å². The largest absolute Gasteiger partial charge is 0.481 e. The zero-order valence-electron chi connectivity index (χ0n) is 11.9. The summed E-state index contributed by atoms with van der Waals surface area (Å²) in [5, 5.41) is 9.84. The van der Waals surface area contributed by atoms with Crippen LogP contribution in [0.4, 0.5) is 10.1 Å². The number of rotatable bonds is 4. The minimum atomic E-state index is -0.991. The SMILES string of the molecule is CCC(C(=O)O)(c1ccc(N)c(F)c1)C1CCCCC1. The number of halogens is 1. The van der Waals surface area contributed by atoms with Gasteiger partial charge < -0.3 is 10.8 Å². The number of benzene rings is 1. The minimum Gasteiger partial charge on any atom is -0.481 e. The van der Waals surface area contributed by atoms with Crippen LogP contribution < -0.4 is 5.73 Å². The Labute approximate surface area is 119 Å². The molecule has 1 unspecified atom stereocenters. The summed E-state index contributed by atoms with van der Waals surface area (Å²) in [6, 6.07) is 4.45. The van der Waals surface area contributed by atoms with Crippen LogP contribution in [0.15, 0.2) is 18.2 Å². The van der Waals surface area contributed by atoms with E-state index >= 15 is 0 Å². The van der Waals surface area contributed by atoms with Crippen LogP contribution >= 0.6 is 0 Å². The summed E-state index contributed by atoms with van der Waals surface area (Å²) in [5.74, 6) is -1.31. The molecule has 3 N–H and O–H groups in total. The molecule has 1 aliphatic carbocycles. The van der Waals surface area contributed by atoms with Crippen LogP contribution in [0, 0.1) is 11.7 Å². The van der Waals surface area contributed by atoms with E-state index < -0.39 is 17.2 Å². The van der Waals surface area contributed by atoms with Crippen LogP contribution in [0.25, 0.3) is 0 Å². The first-order chi connectivity index (χ1) is 9.52. The zero-order valence-corrected chi connectivity index (χ0v) is 11.9. The molecule has 0 bridgehead atoms. The van der Waals surface area contributed by atoms with Crippen molar-refractivity contribution >= 4 is 11.7 Å². The lowest BCUT2D eigenvalue weighted by molar-refractivity contribution is -0.147. The van der Waals surface area contributed by atoms with Gasteiger partial charge in [0.15, 0.2) is 0 Å². The summed E-state index contributed by atoms with van der Waals surface area (Å²) in [5.41, 5.74) is 5.12. The number of nitrogens with two attached hydrogens (primary N) is 1. The molecule has 1 aromatic carbocycles. The number of carboxylic acid groups (broad SMARTS) is 1. The lowest BCUT2D eigenvalue weighted by Crippen LogP contribution is -2.43. The van der Waals surface area contributed by atoms with Crippen molar-refractivity contribution in [3.63, 3.8) is 0 Å². The van der Waals surface area contributed by atoms with Crippen LogP contribution in [-0.4, -0.2) is 11.1 Å². The Hall–Kier alpha value is -1.58. The number of hydrogen-bond donors (Lipinski definition) is 2. The number of carbonyl (C=O) groups is 1. The molecule has 0 aromatic heterocycles. The third kappa shape index (κ3) is 2.39. The highest BCUT2D eigenvalue weighted by atomic mass is 19.1. The summed E-state index contributed by atoms with van der Waals surface area (Å²) in [6.07, 6.45) is 5.52. The van der Waals surface area contributed by atoms with E-state index in [2.05, 4.69) is 0 Å². The number of carboxylic acids is 1. The quantitative estimate of drug-likeness (QED) is 0.826. The zero-order chi connectivity index (χ0) is 14.8. The molecule has 0 aliphatic heterocycles. The Bertz CT molecular complexity index is 497. The molecule has 2 rings (SSSR count). The van der Waals surface area contributed by atoms with Crippen molar-refractivity contribution < 1.29 is 14.3 Å². The van der Waals surface area contributed by atoms with Crippen molar-refractivity contribution in [2.75, 3.05) is 5.73 Å². The molecule has 0 spiro atoms. The lowest BCUT2D eigenvalue weighted by Gasteiger charge is -2.39. The first kappa shape index (κ1) is 14.8. The molecule has 3 nitrogen and oxygen atoms in total. The summed E-state index contributed by atoms with van der Waals surface area (Å²) in [6.45, 7) is 1.87. The predicted octanol–water partition coefficient (Wildman–Crippen LogP) is 3.72. The van der Waals surface area contributed by atoms with Crippen LogP contribution in [0.2, 0.25) is 0 Å². The molecule has 1 aromatic rings. The van der Waals surface area contributed by atoms with E-state index in [9.17, 15) is 14.3 Å². The van der Waals surface area contributed by atoms with Gasteiger partial charge in [-0.25, -0.2) is 4.39 Å². The lowest BCUT2D eigenvalue weighted by atomic mass is 9.63. The van der Waals surface area contributed by atoms with Crippen LogP contribution in [0.1, 0.15) is 51.0 Å². The van der Waals surface area contributed by atoms with Crippen molar-refractivity contribution in [3.05, 3.63) is 29.6 Å². The standard InChI is InChI=1S/C16H22FNO2/c1-2-16(15(19)20,11-6-4-3-5-7-11)12-8-9-14(18)13(17)10-12/h8-11H,2-7,18H2,1H3,(H,19,20). The summed E-state index contributed by atoms with van der Waals surface area (Å²) in [7, 11) is 0. The summed E-state index contributed by atoms with van der Waals surface area (Å²) < 4.78 is 13.8. The van der Waals surface area contributed by atoms with Gasteiger partial charge in [0.25, 0.3) is 0 Å². The second kappa shape index (κ2) is 5.81. The maximum Gasteiger partial charge on any atom is 0.314 e. The van der Waals surface area contributed by atoms with E-state index in [1.54, 1.807) is 6.07 Å². The molecule has 0 saturated heterocycles. The van der Waals surface area contributed by atoms with E-state index in [-0.39, 0.29) is 11.6 Å². The van der Waals surface area contributed by atoms with Crippen LogP contribution in [-0.2, 0) is 10.2 Å². The molecule has 20 heavy (non-hydrogen) atoms. The molecule has 1 atom stereocenters. The van der Waals surface area contributed by atoms with Gasteiger partial charge in [-0.15, -0.1) is 0 Å². The van der Waals surface area contributed by atoms with E-state index in [1.165, 1.54) is 12.1 Å². The average Bonchev–Trinajstić information content (AvgIpc) is 2.45. The Balaban J connectivity index is 2.49. The Morgan fingerprint density at radius 1 is 1.40 bits per heavy atom. The van der Waals surface area contributed by atoms with E-state index in [0.29, 0.717) is 12.0 Å². The molecule has 4 heteroatoms. The van der Waals surface area contributed by atoms with Crippen LogP contribution in [0.5, 0.6) is 0 Å². The molecule has 110 valence electrons. The number of aliphatic carboxylic acids is 1. The normalized spacial score (nSPS) is 19.5. The number of hydrogen-bond acceptors (Lipinski definition) is 2. The van der Waals surface area contributed by atoms with Crippen molar-refractivity contribution in [2.24, 2.45) is 5.92 Å². The van der Waals surface area contributed by atoms with Crippen molar-refractivity contribution in [1.82, 2.24) is 0 Å². The summed E-state index contributed by atoms with van der Waals surface area (Å²) in [4.78, 5) is 12.0. The van der Waals surface area contributed by atoms with Crippen molar-refractivity contribution in [3.8, 4) is 0 Å². The maximum atomic E-state index is 13.8. The molecule has 0 radical (unpaired) electrons. The molecule has 1 saturated carbocycles. The van der Waals surface area contributed by atoms with Gasteiger partial charge in [0.1, 0.15) is 5.82 Å². The second-order valence-corrected chi connectivity index (χ2v) is 5.70. The van der Waals surface area contributed by atoms with Crippen molar-refractivity contribution in [1.29, 1.82) is 0 Å². The molecule has 0 amide bonds. The van der Waals surface area contributed by atoms with Gasteiger partial charge >= 0.3 is 5.97 Å². The topological polar surface area (TPSA) is 63.3 Å². The monoisotopic (exact) mass is 279 g/mol. The maximum absolute atomic E-state index is 13.8. The fourth-order valence-electron chi connectivity index (χ4n) is 3.58. The highest BCUT2D eigenvalue weighted by molar-refractivity contribution is 5.82.